The van der Waals surface area contributed by atoms with Crippen LogP contribution in [-0.4, -0.2) is 52.6 Å². The quantitative estimate of drug-likeness (QED) is 0.652. The van der Waals surface area contributed by atoms with Gasteiger partial charge in [0.15, 0.2) is 0 Å². The molecule has 1 atom stereocenters. The molecule has 2 aliphatic rings. The highest BCUT2D eigenvalue weighted by molar-refractivity contribution is 5.80. The van der Waals surface area contributed by atoms with E-state index in [4.69, 9.17) is 4.74 Å². The van der Waals surface area contributed by atoms with Crippen LogP contribution in [0.3, 0.4) is 0 Å². The van der Waals surface area contributed by atoms with Gasteiger partial charge in [0, 0.05) is 25.9 Å². The second kappa shape index (κ2) is 6.82. The standard InChI is InChI=1S/C19H27NO4/c1-20-13-11-19(23,12-14-20)24-17(21)16(15-7-3-2-4-8-15)18(22)9-5-6-10-18/h2-4,7-8,16,22-23H,5-6,9-14H2,1H3/t16-/m1/s1. The van der Waals surface area contributed by atoms with Gasteiger partial charge in [-0.1, -0.05) is 43.2 Å². The van der Waals surface area contributed by atoms with Crippen LogP contribution in [-0.2, 0) is 9.53 Å². The van der Waals surface area contributed by atoms with E-state index in [1.165, 1.54) is 0 Å². The number of hydrogen-bond acceptors (Lipinski definition) is 5. The third-order valence-corrected chi connectivity index (χ3v) is 5.43. The number of rotatable bonds is 4. The van der Waals surface area contributed by atoms with Crippen LogP contribution >= 0.6 is 0 Å². The van der Waals surface area contributed by atoms with Crippen LogP contribution < -0.4 is 0 Å². The van der Waals surface area contributed by atoms with Crippen LogP contribution in [0, 0.1) is 0 Å². The number of carbonyl (C=O) groups is 1. The molecule has 5 nitrogen and oxygen atoms in total. The van der Waals surface area contributed by atoms with Crippen molar-refractivity contribution in [3.05, 3.63) is 35.9 Å². The highest BCUT2D eigenvalue weighted by Gasteiger charge is 2.47. The van der Waals surface area contributed by atoms with E-state index >= 15 is 0 Å². The molecular weight excluding hydrogens is 306 g/mol. The summed E-state index contributed by atoms with van der Waals surface area (Å²) < 4.78 is 5.55. The van der Waals surface area contributed by atoms with Crippen LogP contribution in [0.1, 0.15) is 50.0 Å². The highest BCUT2D eigenvalue weighted by atomic mass is 16.7. The topological polar surface area (TPSA) is 70.0 Å². The van der Waals surface area contributed by atoms with Crippen molar-refractivity contribution in [1.82, 2.24) is 4.90 Å². The van der Waals surface area contributed by atoms with Gasteiger partial charge in [0.05, 0.1) is 5.60 Å². The molecule has 132 valence electrons. The number of piperidine rings is 1. The number of hydrogen-bond donors (Lipinski definition) is 2. The van der Waals surface area contributed by atoms with Crippen LogP contribution in [0.4, 0.5) is 0 Å². The van der Waals surface area contributed by atoms with Crippen molar-refractivity contribution < 1.29 is 19.7 Å². The van der Waals surface area contributed by atoms with Gasteiger partial charge in [-0.15, -0.1) is 0 Å². The van der Waals surface area contributed by atoms with Gasteiger partial charge >= 0.3 is 5.97 Å². The van der Waals surface area contributed by atoms with E-state index in [-0.39, 0.29) is 0 Å². The Balaban J connectivity index is 1.82. The van der Waals surface area contributed by atoms with Gasteiger partial charge in [0.1, 0.15) is 5.92 Å². The fourth-order valence-corrected chi connectivity index (χ4v) is 3.90. The van der Waals surface area contributed by atoms with Gasteiger partial charge in [-0.3, -0.25) is 4.79 Å². The second-order valence-corrected chi connectivity index (χ2v) is 7.32. The summed E-state index contributed by atoms with van der Waals surface area (Å²) in [5.41, 5.74) is -0.330. The third-order valence-electron chi connectivity index (χ3n) is 5.43. The van der Waals surface area contributed by atoms with Crippen LogP contribution in [0.5, 0.6) is 0 Å². The van der Waals surface area contributed by atoms with Crippen molar-refractivity contribution in [3.8, 4) is 0 Å². The van der Waals surface area contributed by atoms with Crippen molar-refractivity contribution in [2.75, 3.05) is 20.1 Å². The molecule has 1 heterocycles. The van der Waals surface area contributed by atoms with Crippen LogP contribution in [0.2, 0.25) is 0 Å². The molecule has 24 heavy (non-hydrogen) atoms. The van der Waals surface area contributed by atoms with E-state index in [0.29, 0.717) is 38.8 Å². The molecule has 0 amide bonds. The zero-order chi connectivity index (χ0) is 17.2. The summed E-state index contributed by atoms with van der Waals surface area (Å²) >= 11 is 0. The van der Waals surface area contributed by atoms with E-state index in [1.807, 2.05) is 37.4 Å². The maximum Gasteiger partial charge on any atom is 0.318 e. The first-order valence-electron chi connectivity index (χ1n) is 8.83. The Labute approximate surface area is 143 Å². The number of likely N-dealkylation sites (tertiary alicyclic amines) is 1. The minimum atomic E-state index is -1.43. The van der Waals surface area contributed by atoms with Crippen molar-refractivity contribution in [3.63, 3.8) is 0 Å². The molecule has 3 rings (SSSR count). The summed E-state index contributed by atoms with van der Waals surface area (Å²) in [4.78, 5) is 15.0. The highest BCUT2D eigenvalue weighted by Crippen LogP contribution is 2.43. The van der Waals surface area contributed by atoms with E-state index in [0.717, 1.165) is 18.4 Å². The normalized spacial score (nSPS) is 24.5. The molecule has 1 aromatic rings. The van der Waals surface area contributed by atoms with Crippen molar-refractivity contribution in [2.45, 2.75) is 55.8 Å². The minimum Gasteiger partial charge on any atom is -0.433 e. The molecule has 0 bridgehead atoms. The molecule has 0 unspecified atom stereocenters. The predicted octanol–water partition coefficient (Wildman–Crippen LogP) is 2.03. The average molecular weight is 333 g/mol. The summed E-state index contributed by atoms with van der Waals surface area (Å²) in [5.74, 6) is -2.69. The first kappa shape index (κ1) is 17.4. The smallest absolute Gasteiger partial charge is 0.318 e. The molecule has 1 aliphatic heterocycles. The fourth-order valence-electron chi connectivity index (χ4n) is 3.90. The van der Waals surface area contributed by atoms with Crippen LogP contribution in [0.25, 0.3) is 0 Å². The van der Waals surface area contributed by atoms with E-state index in [1.54, 1.807) is 0 Å². The van der Waals surface area contributed by atoms with Crippen LogP contribution in [0.15, 0.2) is 30.3 Å². The second-order valence-electron chi connectivity index (χ2n) is 7.32. The first-order valence-corrected chi connectivity index (χ1v) is 8.83. The summed E-state index contributed by atoms with van der Waals surface area (Å²) in [5, 5.41) is 21.7. The third kappa shape index (κ3) is 3.63. The van der Waals surface area contributed by atoms with Gasteiger partial charge in [-0.25, -0.2) is 0 Å². The van der Waals surface area contributed by atoms with E-state index in [2.05, 4.69) is 4.90 Å². The lowest BCUT2D eigenvalue weighted by molar-refractivity contribution is -0.228. The van der Waals surface area contributed by atoms with Gasteiger partial charge in [0.2, 0.25) is 5.79 Å². The first-order chi connectivity index (χ1) is 11.4. The minimum absolute atomic E-state index is 0.398. The zero-order valence-electron chi connectivity index (χ0n) is 14.3. The van der Waals surface area contributed by atoms with E-state index in [9.17, 15) is 15.0 Å². The van der Waals surface area contributed by atoms with Gasteiger partial charge in [-0.2, -0.15) is 0 Å². The van der Waals surface area contributed by atoms with Crippen molar-refractivity contribution in [2.24, 2.45) is 0 Å². The Hall–Kier alpha value is -1.43. The molecule has 2 N–H and O–H groups in total. The van der Waals surface area contributed by atoms with Gasteiger partial charge in [-0.05, 0) is 25.5 Å². The molecular formula is C19H27NO4. The van der Waals surface area contributed by atoms with Crippen molar-refractivity contribution >= 4 is 5.97 Å². The zero-order valence-corrected chi connectivity index (χ0v) is 14.3. The predicted molar refractivity (Wildman–Crippen MR) is 90.4 cm³/mol. The summed E-state index contributed by atoms with van der Waals surface area (Å²) in [6.07, 6.45) is 3.78. The Bertz CT molecular complexity index is 560. The Kier molecular flexibility index (Phi) is 4.95. The maximum atomic E-state index is 12.9. The van der Waals surface area contributed by atoms with Crippen molar-refractivity contribution in [1.29, 1.82) is 0 Å². The summed E-state index contributed by atoms with van der Waals surface area (Å²) in [6.45, 7) is 1.37. The monoisotopic (exact) mass is 333 g/mol. The molecule has 1 saturated carbocycles. The van der Waals surface area contributed by atoms with E-state index < -0.39 is 23.3 Å². The Morgan fingerprint density at radius 2 is 1.67 bits per heavy atom. The lowest BCUT2D eigenvalue weighted by atomic mass is 9.80. The molecule has 1 saturated heterocycles. The number of nitrogens with zero attached hydrogens (tertiary/aromatic N) is 1. The molecule has 1 aromatic carbocycles. The summed E-state index contributed by atoms with van der Waals surface area (Å²) in [6, 6.07) is 9.30. The number of esters is 1. The fraction of sp³-hybridized carbons (Fsp3) is 0.632. The molecule has 0 radical (unpaired) electrons. The lowest BCUT2D eigenvalue weighted by Crippen LogP contribution is -2.48. The van der Waals surface area contributed by atoms with Gasteiger partial charge in [0.25, 0.3) is 0 Å². The van der Waals surface area contributed by atoms with Gasteiger partial charge < -0.3 is 19.8 Å². The molecule has 1 aliphatic carbocycles. The Morgan fingerprint density at radius 3 is 2.25 bits per heavy atom. The molecule has 2 fully saturated rings. The molecule has 0 aromatic heterocycles. The Morgan fingerprint density at radius 1 is 1.08 bits per heavy atom. The summed E-state index contributed by atoms with van der Waals surface area (Å²) in [7, 11) is 1.98. The number of ether oxygens (including phenoxy) is 1. The average Bonchev–Trinajstić information content (AvgIpc) is 2.99. The lowest BCUT2D eigenvalue weighted by Gasteiger charge is -2.38. The largest absolute Gasteiger partial charge is 0.433 e. The molecule has 0 spiro atoms. The number of aliphatic hydroxyl groups is 2. The SMILES string of the molecule is CN1CCC(O)(OC(=O)[C@@H](c2ccccc2)C2(O)CCCC2)CC1. The number of benzene rings is 1. The number of carbonyl (C=O) groups excluding carboxylic acids is 1. The molecule has 5 heteroatoms. The maximum absolute atomic E-state index is 12.9.